The normalized spacial score (nSPS) is 27.3. The summed E-state index contributed by atoms with van der Waals surface area (Å²) in [5.74, 6) is 0.959. The maximum atomic E-state index is 6.35. The van der Waals surface area contributed by atoms with Crippen LogP contribution in [0.1, 0.15) is 23.6 Å². The fraction of sp³-hybridized carbons (Fsp3) is 0.222. The molecule has 0 saturated carbocycles. The molecular weight excluding hydrogens is 338 g/mol. The molecule has 4 nitrogen and oxygen atoms in total. The molecule has 5 rings (SSSR count). The number of para-hydroxylation sites is 1. The number of thiocarbonyl (C=S) groups is 1. The molecule has 24 heavy (non-hydrogen) atoms. The van der Waals surface area contributed by atoms with Crippen molar-refractivity contribution in [1.82, 2.24) is 10.3 Å². The van der Waals surface area contributed by atoms with Gasteiger partial charge in [0.2, 0.25) is 0 Å². The lowest BCUT2D eigenvalue weighted by molar-refractivity contribution is -0.109. The first-order chi connectivity index (χ1) is 11.8. The molecule has 0 bridgehead atoms. The molecule has 2 aromatic rings. The predicted octanol–water partition coefficient (Wildman–Crippen LogP) is 3.51. The standard InChI is InChI=1S/C18H15N3OS2/c23-17-19-18(11-24-17)21-15(13-8-4-5-9-16(13)22-18)10-14(20-21)12-6-2-1-3-7-12/h1-9,15H,10-11H2,(H,19,23)/t15-,18+/m0/s1. The summed E-state index contributed by atoms with van der Waals surface area (Å²) in [6, 6.07) is 18.7. The fourth-order valence-corrected chi connectivity index (χ4v) is 4.70. The van der Waals surface area contributed by atoms with Gasteiger partial charge in [0.1, 0.15) is 10.1 Å². The van der Waals surface area contributed by atoms with Crippen LogP contribution in [0, 0.1) is 0 Å². The van der Waals surface area contributed by atoms with Crippen LogP contribution in [0.2, 0.25) is 0 Å². The van der Waals surface area contributed by atoms with Crippen molar-refractivity contribution in [2.24, 2.45) is 5.10 Å². The van der Waals surface area contributed by atoms with Gasteiger partial charge in [0.25, 0.3) is 5.85 Å². The van der Waals surface area contributed by atoms with Crippen LogP contribution in [0.15, 0.2) is 59.7 Å². The zero-order chi connectivity index (χ0) is 16.1. The Balaban J connectivity index is 1.62. The highest BCUT2D eigenvalue weighted by atomic mass is 32.2. The number of hydrazone groups is 1. The summed E-state index contributed by atoms with van der Waals surface area (Å²) in [5, 5.41) is 10.4. The maximum absolute atomic E-state index is 6.35. The first kappa shape index (κ1) is 14.3. The van der Waals surface area contributed by atoms with E-state index in [0.717, 1.165) is 33.5 Å². The Morgan fingerprint density at radius 2 is 1.96 bits per heavy atom. The van der Waals surface area contributed by atoms with Gasteiger partial charge >= 0.3 is 0 Å². The summed E-state index contributed by atoms with van der Waals surface area (Å²) < 4.78 is 7.11. The van der Waals surface area contributed by atoms with Gasteiger partial charge in [-0.3, -0.25) is 0 Å². The van der Waals surface area contributed by atoms with Crippen molar-refractivity contribution in [3.8, 4) is 5.75 Å². The Morgan fingerprint density at radius 1 is 1.17 bits per heavy atom. The largest absolute Gasteiger partial charge is 0.447 e. The average Bonchev–Trinajstić information content (AvgIpc) is 3.22. The summed E-state index contributed by atoms with van der Waals surface area (Å²) in [7, 11) is 0. The molecule has 0 radical (unpaired) electrons. The van der Waals surface area contributed by atoms with Crippen molar-refractivity contribution in [3.05, 3.63) is 65.7 Å². The van der Waals surface area contributed by atoms with Gasteiger partial charge < -0.3 is 10.1 Å². The molecule has 3 heterocycles. The molecule has 3 aliphatic rings. The van der Waals surface area contributed by atoms with Gasteiger partial charge in [-0.2, -0.15) is 5.10 Å². The van der Waals surface area contributed by atoms with Crippen molar-refractivity contribution in [3.63, 3.8) is 0 Å². The van der Waals surface area contributed by atoms with Crippen molar-refractivity contribution in [2.45, 2.75) is 18.3 Å². The molecule has 1 N–H and O–H groups in total. The molecule has 0 unspecified atom stereocenters. The molecule has 2 aromatic carbocycles. The molecule has 0 aromatic heterocycles. The predicted molar refractivity (Wildman–Crippen MR) is 100 cm³/mol. The highest BCUT2D eigenvalue weighted by Gasteiger charge is 2.53. The topological polar surface area (TPSA) is 36.9 Å². The van der Waals surface area contributed by atoms with Gasteiger partial charge in [-0.15, -0.1) is 0 Å². The van der Waals surface area contributed by atoms with E-state index in [-0.39, 0.29) is 6.04 Å². The van der Waals surface area contributed by atoms with Crippen molar-refractivity contribution in [2.75, 3.05) is 5.75 Å². The third-order valence-corrected chi connectivity index (χ3v) is 6.00. The van der Waals surface area contributed by atoms with E-state index < -0.39 is 5.85 Å². The Hall–Kier alpha value is -2.05. The second-order valence-corrected chi connectivity index (χ2v) is 7.75. The monoisotopic (exact) mass is 353 g/mol. The van der Waals surface area contributed by atoms with E-state index in [9.17, 15) is 0 Å². The van der Waals surface area contributed by atoms with Crippen LogP contribution in [0.3, 0.4) is 0 Å². The van der Waals surface area contributed by atoms with E-state index in [2.05, 4.69) is 34.6 Å². The van der Waals surface area contributed by atoms with Gasteiger partial charge in [-0.05, 0) is 11.6 Å². The van der Waals surface area contributed by atoms with Crippen LogP contribution in [0.5, 0.6) is 5.75 Å². The van der Waals surface area contributed by atoms with E-state index in [1.54, 1.807) is 11.8 Å². The lowest BCUT2D eigenvalue weighted by atomic mass is 9.96. The smallest absolute Gasteiger partial charge is 0.287 e. The number of hydrogen-bond donors (Lipinski definition) is 1. The SMILES string of the molecule is S=C1N[C@@]2(CS1)Oc1ccccc1[C@@H]1CC(c3ccccc3)=NN12. The van der Waals surface area contributed by atoms with Crippen LogP contribution < -0.4 is 10.1 Å². The molecule has 1 saturated heterocycles. The minimum atomic E-state index is -0.683. The number of hydrogen-bond acceptors (Lipinski definition) is 5. The van der Waals surface area contributed by atoms with Gasteiger partial charge in [-0.1, -0.05) is 72.5 Å². The Kier molecular flexibility index (Phi) is 3.11. The Bertz CT molecular complexity index is 854. The minimum absolute atomic E-state index is 0.166. The molecule has 120 valence electrons. The average molecular weight is 353 g/mol. The quantitative estimate of drug-likeness (QED) is 0.794. The lowest BCUT2D eigenvalue weighted by Crippen LogP contribution is -2.62. The van der Waals surface area contributed by atoms with Gasteiger partial charge in [-0.25, -0.2) is 5.01 Å². The van der Waals surface area contributed by atoms with E-state index in [1.807, 2.05) is 30.3 Å². The fourth-order valence-electron chi connectivity index (χ4n) is 3.54. The molecule has 3 aliphatic heterocycles. The second-order valence-electron chi connectivity index (χ2n) is 6.10. The number of nitrogens with one attached hydrogen (secondary N) is 1. The van der Waals surface area contributed by atoms with E-state index in [4.69, 9.17) is 22.1 Å². The zero-order valence-corrected chi connectivity index (χ0v) is 14.4. The number of thioether (sulfide) groups is 1. The molecule has 0 amide bonds. The number of fused-ring (bicyclic) bond motifs is 4. The van der Waals surface area contributed by atoms with Gasteiger partial charge in [0.15, 0.2) is 0 Å². The molecular formula is C18H15N3OS2. The number of ether oxygens (including phenoxy) is 1. The summed E-state index contributed by atoms with van der Waals surface area (Å²) in [6.07, 6.45) is 0.866. The maximum Gasteiger partial charge on any atom is 0.287 e. The van der Waals surface area contributed by atoms with Gasteiger partial charge in [0, 0.05) is 12.0 Å². The Morgan fingerprint density at radius 3 is 2.75 bits per heavy atom. The first-order valence-corrected chi connectivity index (χ1v) is 9.30. The molecule has 1 fully saturated rings. The van der Waals surface area contributed by atoms with E-state index in [0.29, 0.717) is 0 Å². The van der Waals surface area contributed by atoms with Crippen molar-refractivity contribution in [1.29, 1.82) is 0 Å². The number of benzene rings is 2. The zero-order valence-electron chi connectivity index (χ0n) is 12.8. The molecule has 6 heteroatoms. The number of rotatable bonds is 1. The summed E-state index contributed by atoms with van der Waals surface area (Å²) >= 11 is 6.96. The van der Waals surface area contributed by atoms with Crippen LogP contribution >= 0.6 is 24.0 Å². The van der Waals surface area contributed by atoms with Crippen molar-refractivity contribution >= 4 is 34.0 Å². The van der Waals surface area contributed by atoms with Crippen LogP contribution in [-0.4, -0.2) is 26.6 Å². The highest BCUT2D eigenvalue weighted by Crippen LogP contribution is 2.48. The van der Waals surface area contributed by atoms with Crippen LogP contribution in [-0.2, 0) is 0 Å². The lowest BCUT2D eigenvalue weighted by Gasteiger charge is -2.44. The molecule has 0 aliphatic carbocycles. The molecule has 2 atom stereocenters. The summed E-state index contributed by atoms with van der Waals surface area (Å²) in [4.78, 5) is 0. The molecule has 1 spiro atoms. The third-order valence-electron chi connectivity index (χ3n) is 4.64. The van der Waals surface area contributed by atoms with E-state index >= 15 is 0 Å². The van der Waals surface area contributed by atoms with Gasteiger partial charge in [0.05, 0.1) is 17.5 Å². The highest BCUT2D eigenvalue weighted by molar-refractivity contribution is 8.23. The number of nitrogens with zero attached hydrogens (tertiary/aromatic N) is 2. The van der Waals surface area contributed by atoms with E-state index in [1.165, 1.54) is 5.56 Å². The second kappa shape index (κ2) is 5.22. The third kappa shape index (κ3) is 2.06. The van der Waals surface area contributed by atoms with Crippen LogP contribution in [0.25, 0.3) is 0 Å². The van der Waals surface area contributed by atoms with Crippen molar-refractivity contribution < 1.29 is 4.74 Å². The Labute approximate surface area is 149 Å². The minimum Gasteiger partial charge on any atom is -0.447 e. The first-order valence-electron chi connectivity index (χ1n) is 7.90. The summed E-state index contributed by atoms with van der Waals surface area (Å²) in [5.41, 5.74) is 3.43. The van der Waals surface area contributed by atoms with Crippen LogP contribution in [0.4, 0.5) is 0 Å². The summed E-state index contributed by atoms with van der Waals surface area (Å²) in [6.45, 7) is 0.